The van der Waals surface area contributed by atoms with Gasteiger partial charge in [-0.15, -0.1) is 0 Å². The van der Waals surface area contributed by atoms with E-state index in [9.17, 15) is 24.0 Å². The second-order valence-corrected chi connectivity index (χ2v) is 19.9. The molecule has 0 aliphatic rings. The molecule has 0 bridgehead atoms. The number of anilines is 6. The van der Waals surface area contributed by atoms with Gasteiger partial charge in [0, 0.05) is 120 Å². The first-order valence-corrected chi connectivity index (χ1v) is 28.5. The summed E-state index contributed by atoms with van der Waals surface area (Å²) in [6.07, 6.45) is 19.5. The molecule has 95 heavy (non-hydrogen) atoms. The number of aryl methyl sites for hydroxylation is 2. The van der Waals surface area contributed by atoms with Crippen LogP contribution in [0, 0.1) is 25.2 Å². The number of benzene rings is 4. The van der Waals surface area contributed by atoms with Crippen LogP contribution in [0.15, 0.2) is 226 Å². The zero-order chi connectivity index (χ0) is 67.1. The largest absolute Gasteiger partial charge is 0.497 e. The average Bonchev–Trinajstić information content (AvgIpc) is 0.842. The highest BCUT2D eigenvalue weighted by Gasteiger charge is 2.19. The van der Waals surface area contributed by atoms with Crippen molar-refractivity contribution >= 4 is 63.9 Å². The summed E-state index contributed by atoms with van der Waals surface area (Å²) in [5.74, 6) is -1.43. The van der Waals surface area contributed by atoms with E-state index in [4.69, 9.17) is 27.2 Å². The van der Waals surface area contributed by atoms with Crippen molar-refractivity contribution in [3.8, 4) is 56.8 Å². The number of primary amides is 1. The van der Waals surface area contributed by atoms with E-state index >= 15 is 0 Å². The lowest BCUT2D eigenvalue weighted by atomic mass is 10.2. The number of carbonyl (C=O) groups excluding carboxylic acids is 5. The number of nitrogens with one attached hydrogen (secondary N) is 4. The quantitative estimate of drug-likeness (QED) is 0.0531. The van der Waals surface area contributed by atoms with Gasteiger partial charge >= 0.3 is 0 Å². The van der Waals surface area contributed by atoms with E-state index in [1.807, 2.05) is 60.7 Å². The molecule has 0 saturated heterocycles. The van der Waals surface area contributed by atoms with Gasteiger partial charge in [-0.2, -0.15) is 5.26 Å². The van der Waals surface area contributed by atoms with Crippen molar-refractivity contribution < 1.29 is 43.0 Å². The molecule has 26 heteroatoms. The van der Waals surface area contributed by atoms with Gasteiger partial charge in [0.1, 0.15) is 17.1 Å². The standard InChI is InChI=1S/C18H15N5O2.C18H16N4O2.C17H12N6O.C16H13N5O.10H2/c1-11-16(23-15(10-21-11)13-5-3-7-20-9-13)18(25)22-14-6-2-4-12(8-14)17(19)24;1-12-17(18(23)21-14-6-3-7-15(9-14)24-2)22-16(11-20-12)13-5-4-8-19-10-13;18-8-11-3-1-5-13(7-11)22-17(24)15-16(19)21-10-14(23-15)12-4-2-6-20-9-12;17-15-14(16(22)20-12-6-2-1-3-7-12)21-13(10-19-15)11-5-4-8-18-9-11;;;;;;;;;;/h2-10H,1H3,(H2,19,24)(H,22,25);3-11H,1-2H3,(H,21,23);1-7,9-10H,(H2,19,21)(H,22,24);1-10H,(H2,17,19)(H,20,22);10*1H. The van der Waals surface area contributed by atoms with Crippen molar-refractivity contribution in [3.63, 3.8) is 0 Å². The van der Waals surface area contributed by atoms with Gasteiger partial charge in [-0.25, -0.2) is 29.9 Å². The van der Waals surface area contributed by atoms with Crippen LogP contribution < -0.4 is 43.2 Å². The molecule has 0 fully saturated rings. The summed E-state index contributed by atoms with van der Waals surface area (Å²) in [5, 5.41) is 19.8. The molecular weight excluding hydrogens is 1200 g/mol. The molecule has 8 heterocycles. The summed E-state index contributed by atoms with van der Waals surface area (Å²) in [6.45, 7) is 3.45. The molecule has 488 valence electrons. The Hall–Kier alpha value is -14.0. The minimum absolute atomic E-state index is 0. The van der Waals surface area contributed by atoms with E-state index in [0.717, 1.165) is 22.3 Å². The lowest BCUT2D eigenvalue weighted by Crippen LogP contribution is -2.17. The smallest absolute Gasteiger partial charge is 0.278 e. The Kier molecular flexibility index (Phi) is 22.0. The van der Waals surface area contributed by atoms with E-state index in [1.54, 1.807) is 174 Å². The third-order valence-electron chi connectivity index (χ3n) is 13.2. The molecule has 0 aliphatic heterocycles. The van der Waals surface area contributed by atoms with Gasteiger partial charge in [0.15, 0.2) is 23.0 Å². The molecule has 5 amide bonds. The molecule has 26 nitrogen and oxygen atoms in total. The number of nitrogens with zero attached hydrogens (tertiary/aromatic N) is 13. The summed E-state index contributed by atoms with van der Waals surface area (Å²) >= 11 is 0. The number of amides is 5. The van der Waals surface area contributed by atoms with Crippen LogP contribution in [0.2, 0.25) is 0 Å². The highest BCUT2D eigenvalue weighted by molar-refractivity contribution is 6.07. The Morgan fingerprint density at radius 2 is 0.789 bits per heavy atom. The summed E-state index contributed by atoms with van der Waals surface area (Å²) < 4.78 is 5.16. The number of carbonyl (C=O) groups is 5. The zero-order valence-electron chi connectivity index (χ0n) is 50.9. The Bertz CT molecular complexity index is 4770. The van der Waals surface area contributed by atoms with E-state index in [1.165, 1.54) is 18.5 Å². The van der Waals surface area contributed by atoms with Gasteiger partial charge < -0.3 is 43.2 Å². The monoisotopic (exact) mass is 1280 g/mol. The molecule has 10 N–H and O–H groups in total. The number of methoxy groups -OCH3 is 1. The van der Waals surface area contributed by atoms with Gasteiger partial charge in [0.25, 0.3) is 23.6 Å². The Balaban J connectivity index is 0. The number of aromatic nitrogens is 12. The fourth-order valence-corrected chi connectivity index (χ4v) is 8.47. The normalized spacial score (nSPS) is 10.2. The molecule has 0 spiro atoms. The first kappa shape index (κ1) is 65.5. The van der Waals surface area contributed by atoms with Gasteiger partial charge in [-0.3, -0.25) is 53.9 Å². The first-order chi connectivity index (χ1) is 46.1. The fraction of sp³-hybridized carbons (Fsp3) is 0.0435. The molecule has 0 saturated carbocycles. The maximum absolute atomic E-state index is 12.6. The minimum atomic E-state index is -0.564. The maximum Gasteiger partial charge on any atom is 0.278 e. The van der Waals surface area contributed by atoms with Gasteiger partial charge in [0.05, 0.1) is 77.7 Å². The Morgan fingerprint density at radius 1 is 0.421 bits per heavy atom. The maximum atomic E-state index is 12.6. The van der Waals surface area contributed by atoms with Crippen LogP contribution in [0.4, 0.5) is 34.4 Å². The van der Waals surface area contributed by atoms with Gasteiger partial charge in [0.2, 0.25) is 5.91 Å². The number of hydrogen-bond acceptors (Lipinski definition) is 21. The predicted molar refractivity (Wildman–Crippen MR) is 378 cm³/mol. The third-order valence-corrected chi connectivity index (χ3v) is 13.2. The van der Waals surface area contributed by atoms with Gasteiger partial charge in [-0.1, -0.05) is 36.4 Å². The highest BCUT2D eigenvalue weighted by Crippen LogP contribution is 2.24. The first-order valence-electron chi connectivity index (χ1n) is 28.5. The van der Waals surface area contributed by atoms with Crippen molar-refractivity contribution in [1.82, 2.24) is 59.8 Å². The molecule has 0 radical (unpaired) electrons. The lowest BCUT2D eigenvalue weighted by molar-refractivity contribution is 0.0993. The molecule has 0 atom stereocenters. The molecule has 4 aromatic carbocycles. The van der Waals surface area contributed by atoms with Crippen LogP contribution in [0.5, 0.6) is 5.75 Å². The SMILES string of the molecule is COc1cccc(NC(=O)c2nc(-c3cccnc3)cnc2C)c1.Cc1ncc(-c2cccnc2)nc1C(=O)Nc1cccc(C(N)=O)c1.N#Cc1cccc(NC(=O)c2nc(-c3cccnc3)cnc2N)c1.Nc1ncc(-c2cccnc2)nc1C(=O)Nc1ccccc1.[HH].[HH].[HH].[HH].[HH].[HH].[HH].[HH].[HH].[HH]. The molecule has 12 aromatic rings. The van der Waals surface area contributed by atoms with E-state index in [2.05, 4.69) is 81.1 Å². The van der Waals surface area contributed by atoms with Crippen LogP contribution in [0.3, 0.4) is 0 Å². The summed E-state index contributed by atoms with van der Waals surface area (Å²) in [5.41, 5.74) is 26.7. The Morgan fingerprint density at radius 3 is 1.20 bits per heavy atom. The molecule has 12 rings (SSSR count). The van der Waals surface area contributed by atoms with Crippen molar-refractivity contribution in [2.45, 2.75) is 13.8 Å². The van der Waals surface area contributed by atoms with Crippen molar-refractivity contribution in [2.75, 3.05) is 39.8 Å². The number of hydrogen-bond donors (Lipinski definition) is 7. The number of para-hydroxylation sites is 1. The second kappa shape index (κ2) is 32.0. The zero-order valence-corrected chi connectivity index (χ0v) is 50.9. The van der Waals surface area contributed by atoms with E-state index in [0.29, 0.717) is 73.8 Å². The number of rotatable bonds is 14. The van der Waals surface area contributed by atoms with E-state index in [-0.39, 0.29) is 54.6 Å². The minimum Gasteiger partial charge on any atom is -0.497 e. The van der Waals surface area contributed by atoms with Crippen LogP contribution in [0.25, 0.3) is 45.0 Å². The summed E-state index contributed by atoms with van der Waals surface area (Å²) in [6, 6.07) is 45.7. The average molecular weight is 1280 g/mol. The highest BCUT2D eigenvalue weighted by atomic mass is 16.5. The van der Waals surface area contributed by atoms with Gasteiger partial charge in [-0.05, 0) is 123 Å². The fourth-order valence-electron chi connectivity index (χ4n) is 8.47. The Labute approximate surface area is 557 Å². The van der Waals surface area contributed by atoms with Crippen molar-refractivity contribution in [2.24, 2.45) is 5.73 Å². The topological polar surface area (TPSA) is 399 Å². The number of nitrogens with two attached hydrogens (primary N) is 3. The second-order valence-electron chi connectivity index (χ2n) is 19.9. The lowest BCUT2D eigenvalue weighted by Gasteiger charge is -2.09. The number of nitriles is 1. The number of nitrogen functional groups attached to an aromatic ring is 2. The number of ether oxygens (including phenoxy) is 1. The number of pyridine rings is 4. The van der Waals surface area contributed by atoms with Crippen molar-refractivity contribution in [3.05, 3.63) is 271 Å². The molecular formula is C69H76N20O6. The van der Waals surface area contributed by atoms with E-state index < -0.39 is 23.6 Å². The third kappa shape index (κ3) is 18.1. The summed E-state index contributed by atoms with van der Waals surface area (Å²) in [4.78, 5) is 111. The van der Waals surface area contributed by atoms with Crippen LogP contribution >= 0.6 is 0 Å². The summed E-state index contributed by atoms with van der Waals surface area (Å²) in [7, 11) is 1.58. The predicted octanol–water partition coefficient (Wildman–Crippen LogP) is 12.4. The molecule has 0 aliphatic carbocycles. The van der Waals surface area contributed by atoms with Crippen LogP contribution in [0.1, 0.15) is 83.5 Å². The molecule has 0 unspecified atom stereocenters. The van der Waals surface area contributed by atoms with Crippen molar-refractivity contribution in [1.29, 1.82) is 5.26 Å². The van der Waals surface area contributed by atoms with Crippen LogP contribution in [-0.4, -0.2) is 96.5 Å². The molecule has 8 aromatic heterocycles. The van der Waals surface area contributed by atoms with Crippen LogP contribution in [-0.2, 0) is 0 Å².